The molecular weight excluding hydrogens is 378 g/mol. The lowest BCUT2D eigenvalue weighted by Crippen LogP contribution is -2.49. The van der Waals surface area contributed by atoms with E-state index in [1.807, 2.05) is 60.7 Å². The topological polar surface area (TPSA) is 81.7 Å². The minimum atomic E-state index is -1.11. The molecule has 2 atom stereocenters. The van der Waals surface area contributed by atoms with Crippen LogP contribution in [-0.4, -0.2) is 35.6 Å². The molecule has 0 aliphatic heterocycles. The van der Waals surface area contributed by atoms with Gasteiger partial charge in [-0.15, -0.1) is 0 Å². The van der Waals surface area contributed by atoms with Crippen molar-refractivity contribution >= 4 is 28.9 Å². The molecule has 28 heavy (non-hydrogen) atoms. The predicted molar refractivity (Wildman–Crippen MR) is 108 cm³/mol. The molecule has 0 saturated carbocycles. The number of carbonyl (C=O) groups excluding carboxylic acids is 3. The number of benzene rings is 2. The fourth-order valence-corrected chi connectivity index (χ4v) is 3.05. The van der Waals surface area contributed by atoms with Gasteiger partial charge < -0.3 is 14.8 Å². The Bertz CT molecular complexity index is 782. The normalized spacial score (nSPS) is 12.5. The van der Waals surface area contributed by atoms with E-state index in [9.17, 15) is 14.4 Å². The Balaban J connectivity index is 2.12. The van der Waals surface area contributed by atoms with E-state index in [1.165, 1.54) is 6.92 Å². The van der Waals surface area contributed by atoms with E-state index in [0.29, 0.717) is 6.42 Å². The molecule has 2 rings (SSSR count). The number of rotatable bonds is 8. The molecule has 148 valence electrons. The van der Waals surface area contributed by atoms with Crippen LogP contribution in [0.5, 0.6) is 0 Å². The van der Waals surface area contributed by atoms with Crippen LogP contribution >= 0.6 is 11.8 Å². The summed E-state index contributed by atoms with van der Waals surface area (Å²) in [4.78, 5) is 36.2. The van der Waals surface area contributed by atoms with Gasteiger partial charge in [0, 0.05) is 6.92 Å². The van der Waals surface area contributed by atoms with Gasteiger partial charge in [0.1, 0.15) is 6.61 Å². The lowest BCUT2D eigenvalue weighted by molar-refractivity contribution is -0.151. The Morgan fingerprint density at radius 1 is 0.964 bits per heavy atom. The summed E-state index contributed by atoms with van der Waals surface area (Å²) in [6.07, 6.45) is 0.116. The van der Waals surface area contributed by atoms with E-state index in [0.717, 1.165) is 22.9 Å². The van der Waals surface area contributed by atoms with Crippen LogP contribution in [0.1, 0.15) is 18.1 Å². The molecule has 0 spiro atoms. The smallest absolute Gasteiger partial charge is 0.407 e. The number of thioether (sulfide) groups is 1. The van der Waals surface area contributed by atoms with Crippen molar-refractivity contribution in [2.24, 2.45) is 0 Å². The SMILES string of the molecule is CSC(=O)C(OC(C)=O)[C@H](Cc1ccccc1)NC(=O)OCc1ccccc1. The van der Waals surface area contributed by atoms with Gasteiger partial charge >= 0.3 is 12.1 Å². The molecule has 0 heterocycles. The Morgan fingerprint density at radius 2 is 1.54 bits per heavy atom. The highest BCUT2D eigenvalue weighted by atomic mass is 32.2. The third-order valence-electron chi connectivity index (χ3n) is 3.91. The lowest BCUT2D eigenvalue weighted by Gasteiger charge is -2.26. The Kier molecular flexibility index (Phi) is 8.55. The van der Waals surface area contributed by atoms with E-state index in [2.05, 4.69) is 5.32 Å². The zero-order valence-electron chi connectivity index (χ0n) is 15.8. The summed E-state index contributed by atoms with van der Waals surface area (Å²) in [5.41, 5.74) is 1.73. The van der Waals surface area contributed by atoms with Crippen molar-refractivity contribution in [2.45, 2.75) is 32.1 Å². The van der Waals surface area contributed by atoms with E-state index in [-0.39, 0.29) is 11.7 Å². The number of hydrogen-bond donors (Lipinski definition) is 1. The van der Waals surface area contributed by atoms with E-state index in [1.54, 1.807) is 6.26 Å². The number of amides is 1. The maximum Gasteiger partial charge on any atom is 0.407 e. The summed E-state index contributed by atoms with van der Waals surface area (Å²) in [7, 11) is 0. The summed E-state index contributed by atoms with van der Waals surface area (Å²) in [5.74, 6) is -0.593. The standard InChI is InChI=1S/C21H23NO5S/c1-15(23)27-19(20(24)28-2)18(13-16-9-5-3-6-10-16)22-21(25)26-14-17-11-7-4-8-12-17/h3-12,18-19H,13-14H2,1-2H3,(H,22,25)/t18-,19?/m0/s1. The first-order chi connectivity index (χ1) is 13.5. The molecular formula is C21H23NO5S. The number of nitrogens with one attached hydrogen (secondary N) is 1. The zero-order valence-corrected chi connectivity index (χ0v) is 16.6. The molecule has 0 radical (unpaired) electrons. The summed E-state index contributed by atoms with van der Waals surface area (Å²) in [5, 5.41) is 2.34. The van der Waals surface area contributed by atoms with Gasteiger partial charge in [-0.25, -0.2) is 4.79 Å². The van der Waals surface area contributed by atoms with Gasteiger partial charge in [0.15, 0.2) is 6.10 Å². The van der Waals surface area contributed by atoms with Gasteiger partial charge in [-0.05, 0) is 23.8 Å². The fraction of sp³-hybridized carbons (Fsp3) is 0.286. The van der Waals surface area contributed by atoms with Crippen molar-refractivity contribution < 1.29 is 23.9 Å². The van der Waals surface area contributed by atoms with Gasteiger partial charge in [-0.1, -0.05) is 72.4 Å². The summed E-state index contributed by atoms with van der Waals surface area (Å²) in [6, 6.07) is 17.8. The lowest BCUT2D eigenvalue weighted by atomic mass is 10.0. The summed E-state index contributed by atoms with van der Waals surface area (Å²) in [6.45, 7) is 1.33. The van der Waals surface area contributed by atoms with Crippen molar-refractivity contribution in [2.75, 3.05) is 6.26 Å². The minimum absolute atomic E-state index is 0.0967. The molecule has 0 saturated heterocycles. The fourth-order valence-electron chi connectivity index (χ4n) is 2.61. The van der Waals surface area contributed by atoms with Crippen molar-refractivity contribution in [1.29, 1.82) is 0 Å². The van der Waals surface area contributed by atoms with Crippen LogP contribution in [0.3, 0.4) is 0 Å². The molecule has 0 aliphatic rings. The molecule has 0 fully saturated rings. The Hall–Kier alpha value is -2.80. The molecule has 0 aliphatic carbocycles. The van der Waals surface area contributed by atoms with Gasteiger partial charge in [0.05, 0.1) is 6.04 Å². The Morgan fingerprint density at radius 3 is 2.07 bits per heavy atom. The quantitative estimate of drug-likeness (QED) is 0.683. The van der Waals surface area contributed by atoms with Gasteiger partial charge in [-0.2, -0.15) is 0 Å². The first-order valence-electron chi connectivity index (χ1n) is 8.75. The highest BCUT2D eigenvalue weighted by Crippen LogP contribution is 2.15. The molecule has 0 aromatic heterocycles. The number of carbonyl (C=O) groups is 3. The second kappa shape index (κ2) is 11.1. The predicted octanol–water partition coefficient (Wildman–Crippen LogP) is 3.35. The molecule has 0 bridgehead atoms. The number of hydrogen-bond acceptors (Lipinski definition) is 6. The molecule has 2 aromatic carbocycles. The van der Waals surface area contributed by atoms with Crippen LogP contribution in [0.2, 0.25) is 0 Å². The first kappa shape index (κ1) is 21.5. The number of esters is 1. The van der Waals surface area contributed by atoms with Crippen LogP contribution < -0.4 is 5.32 Å². The van der Waals surface area contributed by atoms with E-state index in [4.69, 9.17) is 9.47 Å². The monoisotopic (exact) mass is 401 g/mol. The molecule has 2 aromatic rings. The highest BCUT2D eigenvalue weighted by Gasteiger charge is 2.32. The average Bonchev–Trinajstić information content (AvgIpc) is 2.71. The molecule has 1 N–H and O–H groups in total. The van der Waals surface area contributed by atoms with Gasteiger partial charge in [-0.3, -0.25) is 9.59 Å². The number of ether oxygens (including phenoxy) is 2. The van der Waals surface area contributed by atoms with Crippen molar-refractivity contribution in [3.8, 4) is 0 Å². The zero-order chi connectivity index (χ0) is 20.4. The van der Waals surface area contributed by atoms with Crippen molar-refractivity contribution in [3.05, 3.63) is 71.8 Å². The van der Waals surface area contributed by atoms with Gasteiger partial charge in [0.25, 0.3) is 0 Å². The van der Waals surface area contributed by atoms with E-state index >= 15 is 0 Å². The van der Waals surface area contributed by atoms with Crippen LogP contribution in [0.25, 0.3) is 0 Å². The van der Waals surface area contributed by atoms with Gasteiger partial charge in [0.2, 0.25) is 5.12 Å². The summed E-state index contributed by atoms with van der Waals surface area (Å²) >= 11 is 0.943. The largest absolute Gasteiger partial charge is 0.451 e. The minimum Gasteiger partial charge on any atom is -0.451 e. The average molecular weight is 401 g/mol. The second-order valence-corrected chi connectivity index (χ2v) is 6.87. The van der Waals surface area contributed by atoms with Crippen molar-refractivity contribution in [1.82, 2.24) is 5.32 Å². The van der Waals surface area contributed by atoms with Crippen LogP contribution in [0.15, 0.2) is 60.7 Å². The van der Waals surface area contributed by atoms with E-state index < -0.39 is 24.2 Å². The number of alkyl carbamates (subject to hydrolysis) is 1. The molecule has 1 amide bonds. The Labute approximate surface area is 168 Å². The van der Waals surface area contributed by atoms with Crippen LogP contribution in [0, 0.1) is 0 Å². The first-order valence-corrected chi connectivity index (χ1v) is 9.98. The molecule has 1 unspecified atom stereocenters. The van der Waals surface area contributed by atoms with Crippen molar-refractivity contribution in [3.63, 3.8) is 0 Å². The van der Waals surface area contributed by atoms with Crippen LogP contribution in [-0.2, 0) is 32.1 Å². The molecule has 6 nitrogen and oxygen atoms in total. The highest BCUT2D eigenvalue weighted by molar-refractivity contribution is 8.13. The molecule has 7 heteroatoms. The maximum atomic E-state index is 12.3. The third-order valence-corrected chi connectivity index (χ3v) is 4.54. The third kappa shape index (κ3) is 7.08. The second-order valence-electron chi connectivity index (χ2n) is 6.06. The summed E-state index contributed by atoms with van der Waals surface area (Å²) < 4.78 is 10.5. The maximum absolute atomic E-state index is 12.3. The van der Waals surface area contributed by atoms with Crippen LogP contribution in [0.4, 0.5) is 4.79 Å².